The van der Waals surface area contributed by atoms with Gasteiger partial charge in [-0.3, -0.25) is 0 Å². The van der Waals surface area contributed by atoms with Gasteiger partial charge in [-0.25, -0.2) is 14.2 Å². The fraction of sp³-hybridized carbons (Fsp3) is 0.522. The van der Waals surface area contributed by atoms with Crippen LogP contribution in [0.3, 0.4) is 0 Å². The number of nitrogens with zero attached hydrogens (tertiary/aromatic N) is 2. The van der Waals surface area contributed by atoms with Crippen molar-refractivity contribution in [3.8, 4) is 0 Å². The van der Waals surface area contributed by atoms with E-state index in [0.29, 0.717) is 23.3 Å². The second-order valence-corrected chi connectivity index (χ2v) is 9.56. The molecule has 33 heavy (non-hydrogen) atoms. The Morgan fingerprint density at radius 2 is 1.94 bits per heavy atom. The van der Waals surface area contributed by atoms with Gasteiger partial charge in [0.1, 0.15) is 0 Å². The second kappa shape index (κ2) is 8.91. The van der Waals surface area contributed by atoms with E-state index in [2.05, 4.69) is 20.6 Å². The van der Waals surface area contributed by atoms with Crippen molar-refractivity contribution in [3.63, 3.8) is 0 Å². The highest BCUT2D eigenvalue weighted by atomic mass is 19.1. The Balaban J connectivity index is 1.55. The van der Waals surface area contributed by atoms with Crippen LogP contribution >= 0.6 is 0 Å². The molecular weight excluding hydrogens is 426 g/mol. The van der Waals surface area contributed by atoms with Gasteiger partial charge in [0.25, 0.3) is 0 Å². The third kappa shape index (κ3) is 5.12. The van der Waals surface area contributed by atoms with Gasteiger partial charge in [-0.1, -0.05) is 18.9 Å². The number of hydrogen-bond donors (Lipinski definition) is 2. The van der Waals surface area contributed by atoms with Crippen LogP contribution in [0.15, 0.2) is 24.4 Å². The maximum absolute atomic E-state index is 14.1. The van der Waals surface area contributed by atoms with Crippen molar-refractivity contribution in [2.45, 2.75) is 58.2 Å². The lowest BCUT2D eigenvalue weighted by atomic mass is 9.75. The fourth-order valence-electron chi connectivity index (χ4n) is 3.58. The van der Waals surface area contributed by atoms with Crippen LogP contribution < -0.4 is 16.1 Å². The number of ether oxygens (including phenoxy) is 1. The number of carbonyl (C=O) groups excluding carboxylic acids is 1. The minimum absolute atomic E-state index is 0.148. The van der Waals surface area contributed by atoms with Crippen molar-refractivity contribution in [1.29, 1.82) is 0 Å². The summed E-state index contributed by atoms with van der Waals surface area (Å²) in [7, 11) is 0.599. The first kappa shape index (κ1) is 23.4. The smallest absolute Gasteiger partial charge is 0.465 e. The van der Waals surface area contributed by atoms with Gasteiger partial charge in [-0.2, -0.15) is 4.98 Å². The molecule has 2 heterocycles. The number of hydrogen-bond acceptors (Lipinski definition) is 8. The Morgan fingerprint density at radius 3 is 2.58 bits per heavy atom. The lowest BCUT2D eigenvalue weighted by Crippen LogP contribution is -2.41. The molecule has 176 valence electrons. The molecule has 10 heteroatoms. The number of methoxy groups -OCH3 is 1. The molecule has 1 aliphatic heterocycles. The minimum Gasteiger partial charge on any atom is -0.465 e. The first-order valence-electron chi connectivity index (χ1n) is 11.2. The zero-order valence-electron chi connectivity index (χ0n) is 19.7. The van der Waals surface area contributed by atoms with Crippen LogP contribution in [0, 0.1) is 11.7 Å². The van der Waals surface area contributed by atoms with Gasteiger partial charge in [0, 0.05) is 12.2 Å². The van der Waals surface area contributed by atoms with Crippen LogP contribution in [0.5, 0.6) is 0 Å². The Labute approximate surface area is 193 Å². The first-order chi connectivity index (χ1) is 15.6. The average Bonchev–Trinajstić information content (AvgIpc) is 3.55. The Hall–Kier alpha value is -2.72. The van der Waals surface area contributed by atoms with Crippen molar-refractivity contribution in [2.75, 3.05) is 24.3 Å². The third-order valence-corrected chi connectivity index (χ3v) is 6.51. The van der Waals surface area contributed by atoms with E-state index in [1.165, 1.54) is 20.0 Å². The van der Waals surface area contributed by atoms with E-state index in [4.69, 9.17) is 14.0 Å². The molecule has 2 fully saturated rings. The highest BCUT2D eigenvalue weighted by Crippen LogP contribution is 2.37. The largest absolute Gasteiger partial charge is 0.495 e. The van der Waals surface area contributed by atoms with E-state index in [1.54, 1.807) is 18.2 Å². The summed E-state index contributed by atoms with van der Waals surface area (Å²) < 4.78 is 31.3. The molecule has 1 aromatic carbocycles. The van der Waals surface area contributed by atoms with E-state index in [9.17, 15) is 9.18 Å². The number of benzene rings is 1. The normalized spacial score (nSPS) is 18.8. The predicted molar refractivity (Wildman–Crippen MR) is 125 cm³/mol. The van der Waals surface area contributed by atoms with Crippen LogP contribution in [0.1, 0.15) is 57.3 Å². The molecule has 1 aliphatic carbocycles. The Bertz CT molecular complexity index is 1030. The molecule has 8 nitrogen and oxygen atoms in total. The van der Waals surface area contributed by atoms with E-state index in [-0.39, 0.29) is 11.8 Å². The van der Waals surface area contributed by atoms with Crippen molar-refractivity contribution >= 4 is 36.0 Å². The maximum atomic E-state index is 14.1. The molecule has 0 bridgehead atoms. The molecule has 4 rings (SSSR count). The molecule has 2 aliphatic rings. The quantitative estimate of drug-likeness (QED) is 0.459. The zero-order valence-corrected chi connectivity index (χ0v) is 19.7. The summed E-state index contributed by atoms with van der Waals surface area (Å²) in [5.74, 6) is 0.0625. The van der Waals surface area contributed by atoms with Gasteiger partial charge in [0.05, 0.1) is 30.1 Å². The monoisotopic (exact) mass is 456 g/mol. The van der Waals surface area contributed by atoms with Crippen LogP contribution in [0.25, 0.3) is 0 Å². The number of anilines is 3. The van der Waals surface area contributed by atoms with Gasteiger partial charge in [0.15, 0.2) is 11.6 Å². The lowest BCUT2D eigenvalue weighted by Gasteiger charge is -2.32. The molecular formula is C23H30BFN4O4. The van der Waals surface area contributed by atoms with Crippen LogP contribution in [0.4, 0.5) is 21.8 Å². The van der Waals surface area contributed by atoms with E-state index >= 15 is 0 Å². The molecule has 2 N–H and O–H groups in total. The number of halogens is 1. The summed E-state index contributed by atoms with van der Waals surface area (Å²) in [5, 5.41) is 6.07. The molecule has 2 aromatic rings. The van der Waals surface area contributed by atoms with E-state index in [1.807, 2.05) is 27.7 Å². The van der Waals surface area contributed by atoms with Gasteiger partial charge in [0.2, 0.25) is 5.95 Å². The predicted octanol–water partition coefficient (Wildman–Crippen LogP) is 3.66. The van der Waals surface area contributed by atoms with Crippen molar-refractivity contribution in [1.82, 2.24) is 9.97 Å². The minimum atomic E-state index is -0.720. The molecule has 1 saturated heterocycles. The van der Waals surface area contributed by atoms with Crippen LogP contribution in [-0.2, 0) is 14.0 Å². The number of nitrogens with one attached hydrogen (secondary N) is 2. The third-order valence-electron chi connectivity index (χ3n) is 6.51. The molecule has 0 atom stereocenters. The highest BCUT2D eigenvalue weighted by Gasteiger charge is 2.52. The highest BCUT2D eigenvalue weighted by molar-refractivity contribution is 6.63. The summed E-state index contributed by atoms with van der Waals surface area (Å²) in [6.07, 6.45) is 4.60. The topological polar surface area (TPSA) is 94.6 Å². The van der Waals surface area contributed by atoms with Crippen LogP contribution in [0.2, 0.25) is 0 Å². The standard InChI is InChI=1S/C23H30BFN4O4/c1-22(2)23(3,4)33-24(32-22)17-9-8-15(12-16(17)20(30)31-5)28-21-27-13-18(25)19(29-21)26-11-10-14-6-7-14/h8-9,12-14H,6-7,10-11H2,1-5H3,(H2,26,27,28,29). The van der Waals surface area contributed by atoms with Crippen molar-refractivity contribution < 1.29 is 23.2 Å². The van der Waals surface area contributed by atoms with Gasteiger partial charge in [-0.05, 0) is 57.6 Å². The molecule has 0 radical (unpaired) electrons. The summed E-state index contributed by atoms with van der Waals surface area (Å²) in [5.41, 5.74) is 0.310. The lowest BCUT2D eigenvalue weighted by molar-refractivity contribution is 0.00578. The summed E-state index contributed by atoms with van der Waals surface area (Å²) in [4.78, 5) is 20.8. The zero-order chi connectivity index (χ0) is 23.8. The summed E-state index contributed by atoms with van der Waals surface area (Å²) in [6, 6.07) is 5.13. The van der Waals surface area contributed by atoms with Crippen molar-refractivity contribution in [2.24, 2.45) is 5.92 Å². The fourth-order valence-corrected chi connectivity index (χ4v) is 3.58. The van der Waals surface area contributed by atoms with Gasteiger partial charge >= 0.3 is 13.1 Å². The van der Waals surface area contributed by atoms with Gasteiger partial charge < -0.3 is 24.7 Å². The summed E-state index contributed by atoms with van der Waals surface area (Å²) >= 11 is 0. The number of rotatable bonds is 8. The Morgan fingerprint density at radius 1 is 1.24 bits per heavy atom. The second-order valence-electron chi connectivity index (χ2n) is 9.56. The summed E-state index contributed by atoms with van der Waals surface area (Å²) in [6.45, 7) is 8.45. The molecule has 0 spiro atoms. The molecule has 1 aromatic heterocycles. The first-order valence-corrected chi connectivity index (χ1v) is 11.2. The SMILES string of the molecule is COC(=O)c1cc(Nc2ncc(F)c(NCCC3CC3)n2)ccc1B1OC(C)(C)C(C)(C)O1. The number of carbonyl (C=O) groups is 1. The average molecular weight is 456 g/mol. The van der Waals surface area contributed by atoms with E-state index in [0.717, 1.165) is 18.5 Å². The molecule has 0 amide bonds. The van der Waals surface area contributed by atoms with Crippen molar-refractivity contribution in [3.05, 3.63) is 35.8 Å². The van der Waals surface area contributed by atoms with Crippen LogP contribution in [-0.4, -0.2) is 47.9 Å². The Kier molecular flexibility index (Phi) is 6.33. The van der Waals surface area contributed by atoms with E-state index < -0.39 is 30.1 Å². The number of esters is 1. The number of aromatic nitrogens is 2. The molecule has 0 unspecified atom stereocenters. The molecule has 1 saturated carbocycles. The van der Waals surface area contributed by atoms with Gasteiger partial charge in [-0.15, -0.1) is 0 Å². The maximum Gasteiger partial charge on any atom is 0.495 e.